The van der Waals surface area contributed by atoms with E-state index in [9.17, 15) is 4.79 Å². The number of carbonyl (C=O) groups excluding carboxylic acids is 1. The number of benzene rings is 1. The maximum atomic E-state index is 11.2. The first-order valence-electron chi connectivity index (χ1n) is 6.43. The second-order valence-electron chi connectivity index (χ2n) is 5.59. The van der Waals surface area contributed by atoms with Crippen LogP contribution in [-0.4, -0.2) is 27.6 Å². The topological polar surface area (TPSA) is 96.7 Å². The Balaban J connectivity index is 0.00000220. The number of halogens is 1. The van der Waals surface area contributed by atoms with Gasteiger partial charge in [0.05, 0.1) is 6.54 Å². The van der Waals surface area contributed by atoms with Gasteiger partial charge in [-0.15, -0.1) is 17.5 Å². The molecule has 2 rings (SSSR count). The molecule has 114 valence electrons. The molecule has 0 saturated heterocycles. The molecule has 1 aromatic carbocycles. The minimum atomic E-state index is -0.321. The van der Waals surface area contributed by atoms with Crippen molar-refractivity contribution in [3.05, 3.63) is 29.8 Å². The number of aromatic amines is 1. The van der Waals surface area contributed by atoms with Gasteiger partial charge >= 0.3 is 0 Å². The summed E-state index contributed by atoms with van der Waals surface area (Å²) in [4.78, 5) is 15.4. The fraction of sp³-hybridized carbons (Fsp3) is 0.357. The average molecular weight is 310 g/mol. The van der Waals surface area contributed by atoms with Gasteiger partial charge in [0, 0.05) is 5.56 Å². The van der Waals surface area contributed by atoms with Crippen LogP contribution in [0.25, 0.3) is 11.4 Å². The van der Waals surface area contributed by atoms with Crippen molar-refractivity contribution in [2.45, 2.75) is 26.2 Å². The molecule has 0 aliphatic rings. The molecule has 0 aliphatic carbocycles. The number of aromatic nitrogens is 3. The predicted octanol–water partition coefficient (Wildman–Crippen LogP) is 2.09. The zero-order valence-electron chi connectivity index (χ0n) is 12.3. The number of amides is 1. The Morgan fingerprint density at radius 2 is 1.90 bits per heavy atom. The maximum absolute atomic E-state index is 11.2. The molecule has 6 nitrogen and oxygen atoms in total. The lowest BCUT2D eigenvalue weighted by atomic mass is 9.87. The SMILES string of the molecule is CC(C)(C)c1ccc(-c2nc(NC(=O)CN)n[nH]2)cc1.Cl. The van der Waals surface area contributed by atoms with Gasteiger partial charge in [-0.2, -0.15) is 4.98 Å². The molecular formula is C14H20ClN5O. The van der Waals surface area contributed by atoms with Gasteiger partial charge in [0.25, 0.3) is 0 Å². The van der Waals surface area contributed by atoms with Crippen LogP contribution in [-0.2, 0) is 10.2 Å². The summed E-state index contributed by atoms with van der Waals surface area (Å²) in [5, 5.41) is 9.22. The molecule has 1 heterocycles. The van der Waals surface area contributed by atoms with E-state index in [1.165, 1.54) is 5.56 Å². The lowest BCUT2D eigenvalue weighted by Gasteiger charge is -2.18. The minimum Gasteiger partial charge on any atom is -0.322 e. The van der Waals surface area contributed by atoms with Crippen molar-refractivity contribution in [1.29, 1.82) is 0 Å². The smallest absolute Gasteiger partial charge is 0.249 e. The van der Waals surface area contributed by atoms with E-state index in [1.807, 2.05) is 12.1 Å². The zero-order chi connectivity index (χ0) is 14.8. The second kappa shape index (κ2) is 6.69. The van der Waals surface area contributed by atoms with Gasteiger partial charge in [0.2, 0.25) is 11.9 Å². The molecule has 0 aliphatic heterocycles. The van der Waals surface area contributed by atoms with Gasteiger partial charge in [-0.05, 0) is 11.0 Å². The summed E-state index contributed by atoms with van der Waals surface area (Å²) in [6.07, 6.45) is 0. The Kier molecular flexibility index (Phi) is 5.46. The third-order valence-corrected chi connectivity index (χ3v) is 2.95. The molecule has 1 amide bonds. The van der Waals surface area contributed by atoms with E-state index in [1.54, 1.807) is 0 Å². The summed E-state index contributed by atoms with van der Waals surface area (Å²) in [6, 6.07) is 8.09. The number of hydrogen-bond donors (Lipinski definition) is 3. The van der Waals surface area contributed by atoms with Crippen molar-refractivity contribution in [2.75, 3.05) is 11.9 Å². The molecular weight excluding hydrogens is 290 g/mol. The Labute approximate surface area is 129 Å². The minimum absolute atomic E-state index is 0. The van der Waals surface area contributed by atoms with Crippen LogP contribution in [0.4, 0.5) is 5.95 Å². The quantitative estimate of drug-likeness (QED) is 0.808. The average Bonchev–Trinajstić information content (AvgIpc) is 2.86. The number of nitrogens with one attached hydrogen (secondary N) is 2. The van der Waals surface area contributed by atoms with Gasteiger partial charge in [-0.3, -0.25) is 15.2 Å². The molecule has 2 aromatic rings. The molecule has 1 aromatic heterocycles. The van der Waals surface area contributed by atoms with Gasteiger partial charge in [-0.1, -0.05) is 45.0 Å². The number of nitrogens with zero attached hydrogens (tertiary/aromatic N) is 2. The van der Waals surface area contributed by atoms with Crippen LogP contribution in [0.2, 0.25) is 0 Å². The van der Waals surface area contributed by atoms with E-state index >= 15 is 0 Å². The molecule has 0 atom stereocenters. The summed E-state index contributed by atoms with van der Waals surface area (Å²) in [7, 11) is 0. The number of anilines is 1. The van der Waals surface area contributed by atoms with E-state index in [0.717, 1.165) is 5.56 Å². The molecule has 0 unspecified atom stereocenters. The summed E-state index contributed by atoms with van der Waals surface area (Å²) in [5.74, 6) is 0.520. The number of rotatable bonds is 3. The number of carbonyl (C=O) groups is 1. The van der Waals surface area contributed by atoms with Crippen molar-refractivity contribution in [3.63, 3.8) is 0 Å². The van der Waals surface area contributed by atoms with Crippen LogP contribution in [0, 0.1) is 0 Å². The third-order valence-electron chi connectivity index (χ3n) is 2.95. The van der Waals surface area contributed by atoms with Crippen LogP contribution in [0.1, 0.15) is 26.3 Å². The second-order valence-corrected chi connectivity index (χ2v) is 5.59. The first-order valence-corrected chi connectivity index (χ1v) is 6.43. The lowest BCUT2D eigenvalue weighted by molar-refractivity contribution is -0.114. The largest absolute Gasteiger partial charge is 0.322 e. The zero-order valence-corrected chi connectivity index (χ0v) is 13.1. The van der Waals surface area contributed by atoms with Gasteiger partial charge in [0.15, 0.2) is 5.82 Å². The summed E-state index contributed by atoms with van der Waals surface area (Å²) < 4.78 is 0. The highest BCUT2D eigenvalue weighted by Crippen LogP contribution is 2.24. The van der Waals surface area contributed by atoms with Crippen molar-refractivity contribution in [3.8, 4) is 11.4 Å². The van der Waals surface area contributed by atoms with E-state index in [0.29, 0.717) is 5.82 Å². The van der Waals surface area contributed by atoms with Gasteiger partial charge in [-0.25, -0.2) is 0 Å². The van der Waals surface area contributed by atoms with E-state index in [-0.39, 0.29) is 36.2 Å². The normalized spacial score (nSPS) is 10.9. The summed E-state index contributed by atoms with van der Waals surface area (Å²) >= 11 is 0. The summed E-state index contributed by atoms with van der Waals surface area (Å²) in [5.41, 5.74) is 7.49. The maximum Gasteiger partial charge on any atom is 0.249 e. The highest BCUT2D eigenvalue weighted by atomic mass is 35.5. The lowest BCUT2D eigenvalue weighted by Crippen LogP contribution is -2.22. The van der Waals surface area contributed by atoms with Crippen LogP contribution in [0.5, 0.6) is 0 Å². The molecule has 0 fully saturated rings. The molecule has 0 spiro atoms. The third kappa shape index (κ3) is 4.27. The molecule has 0 radical (unpaired) electrons. The number of hydrogen-bond acceptors (Lipinski definition) is 4. The fourth-order valence-electron chi connectivity index (χ4n) is 1.75. The highest BCUT2D eigenvalue weighted by Gasteiger charge is 2.14. The van der Waals surface area contributed by atoms with Crippen molar-refractivity contribution < 1.29 is 4.79 Å². The van der Waals surface area contributed by atoms with E-state index < -0.39 is 0 Å². The van der Waals surface area contributed by atoms with Crippen LogP contribution >= 0.6 is 12.4 Å². The van der Waals surface area contributed by atoms with Gasteiger partial charge < -0.3 is 5.73 Å². The monoisotopic (exact) mass is 309 g/mol. The standard InChI is InChI=1S/C14H19N5O.ClH/c1-14(2,3)10-6-4-9(5-7-10)12-17-13(19-18-12)16-11(20)8-15;/h4-7H,8,15H2,1-3H3,(H2,16,17,18,19,20);1H. The Morgan fingerprint density at radius 3 is 2.43 bits per heavy atom. The number of H-pyrrole nitrogens is 1. The molecule has 0 bridgehead atoms. The Hall–Kier alpha value is -1.92. The van der Waals surface area contributed by atoms with Crippen molar-refractivity contribution in [2.24, 2.45) is 5.73 Å². The van der Waals surface area contributed by atoms with Crippen molar-refractivity contribution >= 4 is 24.3 Å². The number of nitrogens with two attached hydrogens (primary N) is 1. The first-order chi connectivity index (χ1) is 9.40. The Bertz CT molecular complexity index is 601. The van der Waals surface area contributed by atoms with Crippen LogP contribution in [0.15, 0.2) is 24.3 Å². The fourth-order valence-corrected chi connectivity index (χ4v) is 1.75. The van der Waals surface area contributed by atoms with Gasteiger partial charge in [0.1, 0.15) is 0 Å². The van der Waals surface area contributed by atoms with Crippen LogP contribution in [0.3, 0.4) is 0 Å². The Morgan fingerprint density at radius 1 is 1.29 bits per heavy atom. The summed E-state index contributed by atoms with van der Waals surface area (Å²) in [6.45, 7) is 6.40. The van der Waals surface area contributed by atoms with E-state index in [2.05, 4.69) is 53.4 Å². The van der Waals surface area contributed by atoms with Crippen LogP contribution < -0.4 is 11.1 Å². The van der Waals surface area contributed by atoms with Crippen molar-refractivity contribution in [1.82, 2.24) is 15.2 Å². The molecule has 4 N–H and O–H groups in total. The molecule has 0 saturated carbocycles. The predicted molar refractivity (Wildman–Crippen MR) is 85.5 cm³/mol. The highest BCUT2D eigenvalue weighted by molar-refractivity contribution is 5.90. The first kappa shape index (κ1) is 17.1. The van der Waals surface area contributed by atoms with E-state index in [4.69, 9.17) is 5.73 Å². The molecule has 21 heavy (non-hydrogen) atoms. The molecule has 7 heteroatoms.